The van der Waals surface area contributed by atoms with Gasteiger partial charge in [-0.2, -0.15) is 0 Å². The average Bonchev–Trinajstić information content (AvgIpc) is 2.59. The Bertz CT molecular complexity index is 756. The number of allylic oxidation sites excluding steroid dienone is 1. The number of carbonyl (C=O) groups is 3. The van der Waals surface area contributed by atoms with E-state index in [9.17, 15) is 19.5 Å². The molecule has 1 aromatic carbocycles. The molecular formula is C18H20N2O5. The Morgan fingerprint density at radius 1 is 1.16 bits per heavy atom. The molecule has 0 saturated carbocycles. The van der Waals surface area contributed by atoms with Crippen LogP contribution in [0.5, 0.6) is 11.5 Å². The van der Waals surface area contributed by atoms with Crippen LogP contribution in [0.2, 0.25) is 0 Å². The van der Waals surface area contributed by atoms with Crippen molar-refractivity contribution in [3.05, 3.63) is 41.5 Å². The second-order valence-electron chi connectivity index (χ2n) is 5.52. The SMILES string of the molecule is C=CCc1cc(C=C2C(=O)N(C)C(=O)N(C)C2=O)cc(OCC)c1O. The van der Waals surface area contributed by atoms with Crippen LogP contribution in [0.4, 0.5) is 4.79 Å². The number of hydrogen-bond donors (Lipinski definition) is 1. The lowest BCUT2D eigenvalue weighted by Crippen LogP contribution is -2.52. The number of nitrogens with zero attached hydrogens (tertiary/aromatic N) is 2. The molecule has 0 bridgehead atoms. The number of phenols is 1. The molecule has 2 rings (SSSR count). The molecule has 132 valence electrons. The maximum absolute atomic E-state index is 12.3. The van der Waals surface area contributed by atoms with Gasteiger partial charge in [0.15, 0.2) is 11.5 Å². The molecule has 1 aliphatic rings. The molecule has 1 N–H and O–H groups in total. The summed E-state index contributed by atoms with van der Waals surface area (Å²) in [6.45, 7) is 5.77. The Morgan fingerprint density at radius 3 is 2.28 bits per heavy atom. The highest BCUT2D eigenvalue weighted by molar-refractivity contribution is 6.30. The molecule has 0 aliphatic carbocycles. The molecule has 1 saturated heterocycles. The molecule has 7 heteroatoms. The molecule has 0 unspecified atom stereocenters. The Morgan fingerprint density at radius 2 is 1.76 bits per heavy atom. The summed E-state index contributed by atoms with van der Waals surface area (Å²) in [5.41, 5.74) is 0.925. The zero-order valence-electron chi connectivity index (χ0n) is 14.4. The number of ether oxygens (including phenoxy) is 1. The number of amides is 4. The fourth-order valence-corrected chi connectivity index (χ4v) is 2.49. The molecule has 0 radical (unpaired) electrons. The van der Waals surface area contributed by atoms with Crippen LogP contribution in [0, 0.1) is 0 Å². The van der Waals surface area contributed by atoms with Crippen LogP contribution >= 0.6 is 0 Å². The van der Waals surface area contributed by atoms with Crippen LogP contribution in [-0.4, -0.2) is 53.5 Å². The molecular weight excluding hydrogens is 324 g/mol. The highest BCUT2D eigenvalue weighted by atomic mass is 16.5. The van der Waals surface area contributed by atoms with Gasteiger partial charge in [0.25, 0.3) is 11.8 Å². The van der Waals surface area contributed by atoms with Crippen molar-refractivity contribution in [3.63, 3.8) is 0 Å². The predicted molar refractivity (Wildman–Crippen MR) is 92.1 cm³/mol. The van der Waals surface area contributed by atoms with E-state index in [1.54, 1.807) is 19.1 Å². The number of likely N-dealkylation sites (N-methyl/N-ethyl adjacent to an activating group) is 2. The van der Waals surface area contributed by atoms with Crippen molar-refractivity contribution in [2.24, 2.45) is 0 Å². The Kier molecular flexibility index (Phi) is 5.26. The van der Waals surface area contributed by atoms with Crippen LogP contribution in [0.3, 0.4) is 0 Å². The van der Waals surface area contributed by atoms with Crippen LogP contribution in [-0.2, 0) is 16.0 Å². The number of imide groups is 2. The maximum Gasteiger partial charge on any atom is 0.333 e. The van der Waals surface area contributed by atoms with E-state index < -0.39 is 17.8 Å². The Balaban J connectivity index is 2.55. The number of urea groups is 1. The van der Waals surface area contributed by atoms with Crippen molar-refractivity contribution in [2.75, 3.05) is 20.7 Å². The lowest BCUT2D eigenvalue weighted by Gasteiger charge is -2.28. The third-order valence-electron chi connectivity index (χ3n) is 3.80. The van der Waals surface area contributed by atoms with Crippen LogP contribution < -0.4 is 4.74 Å². The van der Waals surface area contributed by atoms with E-state index in [1.165, 1.54) is 26.2 Å². The standard InChI is InChI=1S/C18H20N2O5/c1-5-7-12-8-11(10-14(15(12)21)25-6-2)9-13-16(22)19(3)18(24)20(4)17(13)23/h5,8-10,21H,1,6-7H2,2-4H3. The first-order chi connectivity index (χ1) is 11.8. The van der Waals surface area contributed by atoms with E-state index in [4.69, 9.17) is 4.74 Å². The lowest BCUT2D eigenvalue weighted by molar-refractivity contribution is -0.134. The molecule has 4 amide bonds. The summed E-state index contributed by atoms with van der Waals surface area (Å²) in [5, 5.41) is 10.2. The summed E-state index contributed by atoms with van der Waals surface area (Å²) in [6, 6.07) is 2.50. The highest BCUT2D eigenvalue weighted by Crippen LogP contribution is 2.33. The maximum atomic E-state index is 12.3. The first-order valence-electron chi connectivity index (χ1n) is 7.73. The van der Waals surface area contributed by atoms with Gasteiger partial charge in [-0.25, -0.2) is 4.79 Å². The number of rotatable bonds is 5. The summed E-state index contributed by atoms with van der Waals surface area (Å²) in [7, 11) is 2.63. The molecule has 7 nitrogen and oxygen atoms in total. The second-order valence-corrected chi connectivity index (χ2v) is 5.52. The van der Waals surface area contributed by atoms with Crippen molar-refractivity contribution < 1.29 is 24.2 Å². The summed E-state index contributed by atoms with van der Waals surface area (Å²) < 4.78 is 5.41. The van der Waals surface area contributed by atoms with Crippen LogP contribution in [0.1, 0.15) is 18.1 Å². The summed E-state index contributed by atoms with van der Waals surface area (Å²) in [4.78, 5) is 38.1. The lowest BCUT2D eigenvalue weighted by atomic mass is 10.0. The van der Waals surface area contributed by atoms with Gasteiger partial charge >= 0.3 is 6.03 Å². The topological polar surface area (TPSA) is 87.2 Å². The minimum absolute atomic E-state index is 0.00499. The van der Waals surface area contributed by atoms with E-state index in [0.717, 1.165) is 9.80 Å². The normalized spacial score (nSPS) is 14.8. The van der Waals surface area contributed by atoms with Crippen molar-refractivity contribution in [1.82, 2.24) is 9.80 Å². The largest absolute Gasteiger partial charge is 0.504 e. The van der Waals surface area contributed by atoms with E-state index in [1.807, 2.05) is 0 Å². The second kappa shape index (κ2) is 7.21. The number of benzene rings is 1. The van der Waals surface area contributed by atoms with Crippen molar-refractivity contribution in [3.8, 4) is 11.5 Å². The van der Waals surface area contributed by atoms with Crippen molar-refractivity contribution in [2.45, 2.75) is 13.3 Å². The monoisotopic (exact) mass is 344 g/mol. The summed E-state index contributed by atoms with van der Waals surface area (Å²) in [5.74, 6) is -1.11. The van der Waals surface area contributed by atoms with E-state index >= 15 is 0 Å². The van der Waals surface area contributed by atoms with E-state index in [0.29, 0.717) is 24.2 Å². The van der Waals surface area contributed by atoms with Gasteiger partial charge in [0, 0.05) is 19.7 Å². The number of hydrogen-bond acceptors (Lipinski definition) is 5. The smallest absolute Gasteiger partial charge is 0.333 e. The van der Waals surface area contributed by atoms with Gasteiger partial charge in [0.05, 0.1) is 6.61 Å². The van der Waals surface area contributed by atoms with Crippen LogP contribution in [0.25, 0.3) is 6.08 Å². The molecule has 1 aromatic rings. The number of carbonyl (C=O) groups excluding carboxylic acids is 3. The van der Waals surface area contributed by atoms with Crippen LogP contribution in [0.15, 0.2) is 30.4 Å². The number of aromatic hydroxyl groups is 1. The van der Waals surface area contributed by atoms with E-state index in [-0.39, 0.29) is 17.1 Å². The van der Waals surface area contributed by atoms with Gasteiger partial charge < -0.3 is 9.84 Å². The quantitative estimate of drug-likeness (QED) is 0.501. The molecule has 1 fully saturated rings. The molecule has 0 atom stereocenters. The minimum Gasteiger partial charge on any atom is -0.504 e. The van der Waals surface area contributed by atoms with Crippen molar-refractivity contribution in [1.29, 1.82) is 0 Å². The van der Waals surface area contributed by atoms with Gasteiger partial charge in [-0.1, -0.05) is 6.08 Å². The van der Waals surface area contributed by atoms with Gasteiger partial charge in [0.2, 0.25) is 0 Å². The fraction of sp³-hybridized carbons (Fsp3) is 0.278. The molecule has 1 aliphatic heterocycles. The molecule has 1 heterocycles. The van der Waals surface area contributed by atoms with Gasteiger partial charge in [-0.15, -0.1) is 6.58 Å². The third-order valence-corrected chi connectivity index (χ3v) is 3.80. The number of barbiturate groups is 1. The third kappa shape index (κ3) is 3.40. The molecule has 0 aromatic heterocycles. The van der Waals surface area contributed by atoms with Gasteiger partial charge in [-0.05, 0) is 37.1 Å². The minimum atomic E-state index is -0.680. The fourth-order valence-electron chi connectivity index (χ4n) is 2.49. The van der Waals surface area contributed by atoms with Crippen molar-refractivity contribution >= 4 is 23.9 Å². The highest BCUT2D eigenvalue weighted by Gasteiger charge is 2.37. The molecule has 25 heavy (non-hydrogen) atoms. The molecule has 0 spiro atoms. The zero-order chi connectivity index (χ0) is 18.7. The number of phenolic OH excluding ortho intramolecular Hbond substituents is 1. The zero-order valence-corrected chi connectivity index (χ0v) is 14.4. The summed E-state index contributed by atoms with van der Waals surface area (Å²) >= 11 is 0. The van der Waals surface area contributed by atoms with E-state index in [2.05, 4.69) is 6.58 Å². The first-order valence-corrected chi connectivity index (χ1v) is 7.73. The first kappa shape index (κ1) is 18.3. The van der Waals surface area contributed by atoms with Gasteiger partial charge in [0.1, 0.15) is 5.57 Å². The predicted octanol–water partition coefficient (Wildman–Crippen LogP) is 1.95. The Hall–Kier alpha value is -3.09. The Labute approximate surface area is 145 Å². The summed E-state index contributed by atoms with van der Waals surface area (Å²) in [6.07, 6.45) is 3.40. The van der Waals surface area contributed by atoms with Gasteiger partial charge in [-0.3, -0.25) is 19.4 Å². The average molecular weight is 344 g/mol.